The van der Waals surface area contributed by atoms with Gasteiger partial charge >= 0.3 is 5.69 Å². The third kappa shape index (κ3) is 2.95. The van der Waals surface area contributed by atoms with Crippen molar-refractivity contribution in [2.24, 2.45) is 0 Å². The number of aromatic nitrogens is 2. The number of fused-ring (bicyclic) bond motifs is 1. The van der Waals surface area contributed by atoms with Crippen LogP contribution in [0, 0.1) is 0 Å². The molecule has 0 bridgehead atoms. The van der Waals surface area contributed by atoms with Crippen LogP contribution in [0.2, 0.25) is 0 Å². The van der Waals surface area contributed by atoms with Gasteiger partial charge in [-0.25, -0.2) is 4.79 Å². The Balaban J connectivity index is 2.53. The van der Waals surface area contributed by atoms with E-state index < -0.39 is 11.2 Å². The Morgan fingerprint density at radius 1 is 1.18 bits per heavy atom. The minimum absolute atomic E-state index is 0.0112. The van der Waals surface area contributed by atoms with Crippen molar-refractivity contribution in [3.8, 4) is 0 Å². The van der Waals surface area contributed by atoms with Gasteiger partial charge in [-0.05, 0) is 32.4 Å². The van der Waals surface area contributed by atoms with E-state index in [1.807, 2.05) is 20.8 Å². The highest BCUT2D eigenvalue weighted by molar-refractivity contribution is 5.79. The molecule has 1 atom stereocenters. The van der Waals surface area contributed by atoms with Crippen LogP contribution in [0.15, 0.2) is 33.9 Å². The van der Waals surface area contributed by atoms with E-state index in [1.165, 1.54) is 4.57 Å². The van der Waals surface area contributed by atoms with Crippen molar-refractivity contribution in [1.82, 2.24) is 14.5 Å². The molecule has 0 spiro atoms. The van der Waals surface area contributed by atoms with Crippen LogP contribution in [0.25, 0.3) is 10.9 Å². The van der Waals surface area contributed by atoms with Gasteiger partial charge in [0.15, 0.2) is 0 Å². The van der Waals surface area contributed by atoms with Gasteiger partial charge in [-0.1, -0.05) is 19.1 Å². The third-order valence-corrected chi connectivity index (χ3v) is 3.77. The van der Waals surface area contributed by atoms with E-state index in [2.05, 4.69) is 5.32 Å². The van der Waals surface area contributed by atoms with Gasteiger partial charge in [0.1, 0.15) is 6.54 Å². The first kappa shape index (κ1) is 16.0. The molecule has 2 aromatic rings. The molecule has 1 amide bonds. The molecule has 0 saturated carbocycles. The zero-order valence-corrected chi connectivity index (χ0v) is 13.1. The van der Waals surface area contributed by atoms with Gasteiger partial charge in [0, 0.05) is 12.6 Å². The number of hydrogen-bond donors (Lipinski definition) is 1. The molecule has 0 saturated heterocycles. The predicted molar refractivity (Wildman–Crippen MR) is 86.0 cm³/mol. The maximum absolute atomic E-state index is 12.5. The van der Waals surface area contributed by atoms with Crippen LogP contribution in [-0.2, 0) is 17.9 Å². The smallest absolute Gasteiger partial charge is 0.331 e. The van der Waals surface area contributed by atoms with E-state index in [4.69, 9.17) is 0 Å². The van der Waals surface area contributed by atoms with Gasteiger partial charge < -0.3 is 5.32 Å². The Kier molecular flexibility index (Phi) is 4.80. The summed E-state index contributed by atoms with van der Waals surface area (Å²) < 4.78 is 2.51. The van der Waals surface area contributed by atoms with Crippen molar-refractivity contribution in [2.45, 2.75) is 46.3 Å². The third-order valence-electron chi connectivity index (χ3n) is 3.77. The fraction of sp³-hybridized carbons (Fsp3) is 0.438. The number of aryl methyl sites for hydroxylation is 1. The molecule has 0 radical (unpaired) electrons. The Labute approximate surface area is 128 Å². The van der Waals surface area contributed by atoms with E-state index in [0.29, 0.717) is 17.4 Å². The number of carbonyl (C=O) groups excluding carboxylic acids is 1. The molecule has 1 heterocycles. The number of nitrogens with one attached hydrogen (secondary N) is 1. The molecule has 1 aromatic heterocycles. The lowest BCUT2D eigenvalue weighted by Gasteiger charge is -2.14. The van der Waals surface area contributed by atoms with Crippen molar-refractivity contribution in [3.63, 3.8) is 0 Å². The number of benzene rings is 1. The maximum Gasteiger partial charge on any atom is 0.331 e. The summed E-state index contributed by atoms with van der Waals surface area (Å²) in [5.74, 6) is -0.327. The number of hydrogen-bond acceptors (Lipinski definition) is 3. The molecule has 6 nitrogen and oxygen atoms in total. The standard InChI is InChI=1S/C16H21N3O3/c1-4-11(3)17-14(20)10-19-15(21)12-8-6-7-9-13(12)18(5-2)16(19)22/h6-9,11H,4-5,10H2,1-3H3,(H,17,20)/t11-/m1/s1. The molecule has 0 fully saturated rings. The van der Waals surface area contributed by atoms with Crippen LogP contribution in [0.4, 0.5) is 0 Å². The normalized spacial score (nSPS) is 12.3. The molecule has 118 valence electrons. The van der Waals surface area contributed by atoms with Gasteiger partial charge in [0.2, 0.25) is 5.91 Å². The van der Waals surface area contributed by atoms with Crippen molar-refractivity contribution in [1.29, 1.82) is 0 Å². The van der Waals surface area contributed by atoms with E-state index in [1.54, 1.807) is 24.3 Å². The summed E-state index contributed by atoms with van der Waals surface area (Å²) in [6.07, 6.45) is 0.789. The first-order valence-corrected chi connectivity index (χ1v) is 7.51. The zero-order chi connectivity index (χ0) is 16.3. The lowest BCUT2D eigenvalue weighted by molar-refractivity contribution is -0.122. The van der Waals surface area contributed by atoms with E-state index in [9.17, 15) is 14.4 Å². The molecule has 0 aliphatic rings. The highest BCUT2D eigenvalue weighted by atomic mass is 16.2. The minimum atomic E-state index is -0.453. The number of nitrogens with zero attached hydrogens (tertiary/aromatic N) is 2. The second-order valence-electron chi connectivity index (χ2n) is 5.31. The molecule has 0 aliphatic carbocycles. The number of amides is 1. The maximum atomic E-state index is 12.5. The number of para-hydroxylation sites is 1. The van der Waals surface area contributed by atoms with Gasteiger partial charge in [0.25, 0.3) is 5.56 Å². The fourth-order valence-corrected chi connectivity index (χ4v) is 2.38. The second kappa shape index (κ2) is 6.60. The Hall–Kier alpha value is -2.37. The van der Waals surface area contributed by atoms with Gasteiger partial charge in [0.05, 0.1) is 10.9 Å². The predicted octanol–water partition coefficient (Wildman–Crippen LogP) is 1.10. The average molecular weight is 303 g/mol. The Morgan fingerprint density at radius 2 is 1.86 bits per heavy atom. The lowest BCUT2D eigenvalue weighted by atomic mass is 10.2. The average Bonchev–Trinajstić information content (AvgIpc) is 2.52. The molecule has 6 heteroatoms. The highest BCUT2D eigenvalue weighted by Crippen LogP contribution is 2.07. The second-order valence-corrected chi connectivity index (χ2v) is 5.31. The Bertz CT molecular complexity index is 804. The fourth-order valence-electron chi connectivity index (χ4n) is 2.38. The van der Waals surface area contributed by atoms with Gasteiger partial charge in [-0.15, -0.1) is 0 Å². The zero-order valence-electron chi connectivity index (χ0n) is 13.1. The number of carbonyl (C=O) groups is 1. The summed E-state index contributed by atoms with van der Waals surface area (Å²) in [7, 11) is 0. The van der Waals surface area contributed by atoms with Crippen LogP contribution < -0.4 is 16.6 Å². The molecular formula is C16H21N3O3. The van der Waals surface area contributed by atoms with Crippen LogP contribution in [-0.4, -0.2) is 21.1 Å². The van der Waals surface area contributed by atoms with Crippen molar-refractivity contribution in [2.75, 3.05) is 0 Å². The molecule has 0 unspecified atom stereocenters. The first-order chi connectivity index (χ1) is 10.5. The topological polar surface area (TPSA) is 73.1 Å². The summed E-state index contributed by atoms with van der Waals surface area (Å²) in [6.45, 7) is 5.85. The quantitative estimate of drug-likeness (QED) is 0.899. The van der Waals surface area contributed by atoms with Gasteiger partial charge in [-0.2, -0.15) is 0 Å². The monoisotopic (exact) mass is 303 g/mol. The molecule has 2 rings (SSSR count). The summed E-state index contributed by atoms with van der Waals surface area (Å²) in [5, 5.41) is 3.22. The van der Waals surface area contributed by atoms with Crippen LogP contribution >= 0.6 is 0 Å². The first-order valence-electron chi connectivity index (χ1n) is 7.51. The van der Waals surface area contributed by atoms with Gasteiger partial charge in [-0.3, -0.25) is 18.7 Å². The van der Waals surface area contributed by atoms with E-state index in [0.717, 1.165) is 11.0 Å². The molecule has 0 aliphatic heterocycles. The van der Waals surface area contributed by atoms with Crippen LogP contribution in [0.1, 0.15) is 27.2 Å². The molecule has 22 heavy (non-hydrogen) atoms. The van der Waals surface area contributed by atoms with Crippen LogP contribution in [0.3, 0.4) is 0 Å². The number of rotatable bonds is 5. The SMILES string of the molecule is CC[C@@H](C)NC(=O)Cn1c(=O)c2ccccc2n(CC)c1=O. The summed E-state index contributed by atoms with van der Waals surface area (Å²) >= 11 is 0. The summed E-state index contributed by atoms with van der Waals surface area (Å²) in [6, 6.07) is 6.96. The molecule has 1 aromatic carbocycles. The lowest BCUT2D eigenvalue weighted by Crippen LogP contribution is -2.45. The van der Waals surface area contributed by atoms with Crippen molar-refractivity contribution < 1.29 is 4.79 Å². The summed E-state index contributed by atoms with van der Waals surface area (Å²) in [4.78, 5) is 37.0. The highest BCUT2D eigenvalue weighted by Gasteiger charge is 2.15. The molecule has 1 N–H and O–H groups in total. The van der Waals surface area contributed by atoms with E-state index in [-0.39, 0.29) is 18.5 Å². The van der Waals surface area contributed by atoms with E-state index >= 15 is 0 Å². The minimum Gasteiger partial charge on any atom is -0.352 e. The van der Waals surface area contributed by atoms with Crippen molar-refractivity contribution >= 4 is 16.8 Å². The summed E-state index contributed by atoms with van der Waals surface area (Å²) in [5.41, 5.74) is -0.284. The van der Waals surface area contributed by atoms with Crippen LogP contribution in [0.5, 0.6) is 0 Å². The molecular weight excluding hydrogens is 282 g/mol. The Morgan fingerprint density at radius 3 is 2.50 bits per heavy atom. The largest absolute Gasteiger partial charge is 0.352 e. The van der Waals surface area contributed by atoms with Crippen molar-refractivity contribution in [3.05, 3.63) is 45.1 Å².